The molecule has 0 saturated carbocycles. The Bertz CT molecular complexity index is 1190. The molecule has 11 heteroatoms. The number of alkyl carbamates (subject to hydrolysis) is 1. The van der Waals surface area contributed by atoms with Crippen LogP contribution in [0.2, 0.25) is 0 Å². The summed E-state index contributed by atoms with van der Waals surface area (Å²) in [5.41, 5.74) is 0.794. The summed E-state index contributed by atoms with van der Waals surface area (Å²) in [6.07, 6.45) is 1.26. The third kappa shape index (κ3) is 6.07. The Balaban J connectivity index is 1.46. The normalized spacial score (nSPS) is 24.0. The molecule has 1 aromatic carbocycles. The fourth-order valence-corrected chi connectivity index (χ4v) is 5.96. The number of piperazine rings is 1. The number of carbonyl (C=O) groups excluding carboxylic acids is 4. The first-order chi connectivity index (χ1) is 18.8. The Morgan fingerprint density at radius 3 is 2.45 bits per heavy atom. The van der Waals surface area contributed by atoms with Crippen LogP contribution < -0.4 is 5.32 Å². The van der Waals surface area contributed by atoms with Crippen molar-refractivity contribution in [1.29, 1.82) is 5.26 Å². The number of carbonyl (C=O) groups is 4. The lowest BCUT2D eigenvalue weighted by Crippen LogP contribution is -2.59. The van der Waals surface area contributed by atoms with Crippen LogP contribution in [-0.4, -0.2) is 107 Å². The highest BCUT2D eigenvalue weighted by Gasteiger charge is 2.52. The Morgan fingerprint density at radius 1 is 1.20 bits per heavy atom. The number of fused-ring (bicyclic) bond motifs is 2. The Labute approximate surface area is 236 Å². The number of hydrogen-bond acceptors (Lipinski definition) is 7. The first-order valence-electron chi connectivity index (χ1n) is 13.9. The van der Waals surface area contributed by atoms with Gasteiger partial charge in [0.25, 0.3) is 5.91 Å². The van der Waals surface area contributed by atoms with Crippen molar-refractivity contribution in [1.82, 2.24) is 24.9 Å². The molecule has 4 amide bonds. The molecule has 3 aliphatic heterocycles. The van der Waals surface area contributed by atoms with E-state index in [0.29, 0.717) is 31.5 Å². The number of rotatable bonds is 7. The van der Waals surface area contributed by atoms with Crippen LogP contribution >= 0.6 is 0 Å². The van der Waals surface area contributed by atoms with Gasteiger partial charge in [0.1, 0.15) is 17.7 Å². The highest BCUT2D eigenvalue weighted by atomic mass is 16.6. The number of nitriles is 1. The monoisotopic (exact) mass is 552 g/mol. The van der Waals surface area contributed by atoms with Crippen molar-refractivity contribution in [3.05, 3.63) is 35.4 Å². The van der Waals surface area contributed by atoms with Crippen LogP contribution in [0, 0.1) is 11.3 Å². The number of nitrogens with zero attached hydrogens (tertiary/aromatic N) is 5. The molecule has 0 radical (unpaired) electrons. The molecule has 11 nitrogen and oxygen atoms in total. The summed E-state index contributed by atoms with van der Waals surface area (Å²) in [5, 5.41) is 12.2. The molecule has 3 aliphatic rings. The number of nitrogens with one attached hydrogen (secondary N) is 1. The van der Waals surface area contributed by atoms with Gasteiger partial charge in [0.15, 0.2) is 0 Å². The first-order valence-corrected chi connectivity index (χ1v) is 13.9. The third-order valence-corrected chi connectivity index (χ3v) is 7.87. The summed E-state index contributed by atoms with van der Waals surface area (Å²) in [5.74, 6) is -0.426. The summed E-state index contributed by atoms with van der Waals surface area (Å²) in [4.78, 5) is 58.9. The van der Waals surface area contributed by atoms with Crippen molar-refractivity contribution >= 4 is 23.8 Å². The molecule has 4 rings (SSSR count). The van der Waals surface area contributed by atoms with E-state index in [1.54, 1.807) is 47.0 Å². The quantitative estimate of drug-likeness (QED) is 0.549. The summed E-state index contributed by atoms with van der Waals surface area (Å²) >= 11 is 0. The molecule has 1 N–H and O–H groups in total. The van der Waals surface area contributed by atoms with E-state index in [1.807, 2.05) is 28.9 Å². The first kappa shape index (κ1) is 29.3. The Kier molecular flexibility index (Phi) is 8.40. The van der Waals surface area contributed by atoms with E-state index in [2.05, 4.69) is 11.4 Å². The van der Waals surface area contributed by atoms with E-state index in [9.17, 15) is 24.4 Å². The number of ether oxygens (including phenoxy) is 1. The second-order valence-electron chi connectivity index (χ2n) is 12.1. The molecule has 2 bridgehead atoms. The van der Waals surface area contributed by atoms with Gasteiger partial charge in [-0.25, -0.2) is 4.79 Å². The molecule has 40 heavy (non-hydrogen) atoms. The summed E-state index contributed by atoms with van der Waals surface area (Å²) in [6, 6.07) is 7.45. The van der Waals surface area contributed by atoms with Crippen LogP contribution in [0.4, 0.5) is 4.79 Å². The summed E-state index contributed by atoms with van der Waals surface area (Å²) in [7, 11) is 3.41. The fraction of sp³-hybridized carbons (Fsp3) is 0.621. The van der Waals surface area contributed by atoms with Crippen LogP contribution in [0.25, 0.3) is 0 Å². The fourth-order valence-electron chi connectivity index (χ4n) is 5.96. The standard InChI is InChI=1S/C29H40N6O5/c1-18(19-9-11-20(12-10-19)25(36)32(5)6)35-22-14-24(27(35)38)33(16-22)17-23(31-28(39)40-29(2,3)4)26(37)34-13-7-8-21(34)15-30/h9-12,18,21-24H,7-8,13-14,16-17H2,1-6H3,(H,31,39)/t18-,21?,22-,23?,24?/m0/s1. The minimum absolute atomic E-state index is 0.0169. The van der Waals surface area contributed by atoms with Gasteiger partial charge in [0.05, 0.1) is 18.2 Å². The van der Waals surface area contributed by atoms with Crippen LogP contribution in [-0.2, 0) is 14.3 Å². The van der Waals surface area contributed by atoms with Gasteiger partial charge in [-0.05, 0) is 64.7 Å². The van der Waals surface area contributed by atoms with Crippen LogP contribution in [0.5, 0.6) is 0 Å². The topological polar surface area (TPSA) is 126 Å². The average molecular weight is 553 g/mol. The van der Waals surface area contributed by atoms with Crippen LogP contribution in [0.15, 0.2) is 24.3 Å². The lowest BCUT2D eigenvalue weighted by molar-refractivity contribution is -0.141. The zero-order valence-electron chi connectivity index (χ0n) is 24.2. The van der Waals surface area contributed by atoms with E-state index in [4.69, 9.17) is 4.74 Å². The molecule has 3 heterocycles. The zero-order chi connectivity index (χ0) is 29.4. The molecular formula is C29H40N6O5. The molecule has 1 aromatic rings. The van der Waals surface area contributed by atoms with Crippen molar-refractivity contribution in [2.75, 3.05) is 33.7 Å². The SMILES string of the molecule is C[C@@H](c1ccc(C(=O)N(C)C)cc1)N1C(=O)C2C[C@H]1CN2CC(NC(=O)OC(C)(C)C)C(=O)N1CCCC1C#N. The van der Waals surface area contributed by atoms with Gasteiger partial charge >= 0.3 is 6.09 Å². The summed E-state index contributed by atoms with van der Waals surface area (Å²) in [6.45, 7) is 8.41. The Morgan fingerprint density at radius 2 is 1.88 bits per heavy atom. The van der Waals surface area contributed by atoms with Gasteiger partial charge in [-0.1, -0.05) is 12.1 Å². The minimum atomic E-state index is -0.941. The molecule has 0 aromatic heterocycles. The average Bonchev–Trinajstić information content (AvgIpc) is 3.60. The third-order valence-electron chi connectivity index (χ3n) is 7.87. The number of amides is 4. The zero-order valence-corrected chi connectivity index (χ0v) is 24.2. The molecule has 3 unspecified atom stereocenters. The van der Waals surface area contributed by atoms with Gasteiger partial charge in [0.2, 0.25) is 11.8 Å². The highest BCUT2D eigenvalue weighted by molar-refractivity contribution is 5.94. The molecule has 0 spiro atoms. The van der Waals surface area contributed by atoms with Gasteiger partial charge in [-0.3, -0.25) is 19.3 Å². The largest absolute Gasteiger partial charge is 0.444 e. The van der Waals surface area contributed by atoms with Crippen LogP contribution in [0.1, 0.15) is 68.9 Å². The molecule has 216 valence electrons. The van der Waals surface area contributed by atoms with Crippen molar-refractivity contribution in [3.8, 4) is 6.07 Å². The number of benzene rings is 1. The summed E-state index contributed by atoms with van der Waals surface area (Å²) < 4.78 is 5.41. The molecule has 3 saturated heterocycles. The van der Waals surface area contributed by atoms with Gasteiger partial charge < -0.3 is 24.8 Å². The number of likely N-dealkylation sites (tertiary alicyclic amines) is 3. The number of hydrogen-bond donors (Lipinski definition) is 1. The van der Waals surface area contributed by atoms with Crippen molar-refractivity contribution < 1.29 is 23.9 Å². The lowest BCUT2D eigenvalue weighted by atomic mass is 10.0. The predicted octanol–water partition coefficient (Wildman–Crippen LogP) is 2.14. The van der Waals surface area contributed by atoms with Crippen molar-refractivity contribution in [2.24, 2.45) is 0 Å². The predicted molar refractivity (Wildman–Crippen MR) is 147 cm³/mol. The highest BCUT2D eigenvalue weighted by Crippen LogP contribution is 2.38. The second-order valence-corrected chi connectivity index (χ2v) is 12.1. The lowest BCUT2D eigenvalue weighted by Gasteiger charge is -2.39. The van der Waals surface area contributed by atoms with Crippen molar-refractivity contribution in [2.45, 2.75) is 82.8 Å². The van der Waals surface area contributed by atoms with E-state index in [0.717, 1.165) is 12.0 Å². The maximum Gasteiger partial charge on any atom is 0.408 e. The molecular weight excluding hydrogens is 512 g/mol. The van der Waals surface area contributed by atoms with E-state index < -0.39 is 29.8 Å². The Hall–Kier alpha value is -3.65. The second kappa shape index (κ2) is 11.5. The van der Waals surface area contributed by atoms with E-state index >= 15 is 0 Å². The maximum absolute atomic E-state index is 13.5. The van der Waals surface area contributed by atoms with E-state index in [1.165, 1.54) is 9.80 Å². The molecule has 0 aliphatic carbocycles. The smallest absolute Gasteiger partial charge is 0.408 e. The molecule has 5 atom stereocenters. The van der Waals surface area contributed by atoms with Gasteiger partial charge in [-0.15, -0.1) is 0 Å². The van der Waals surface area contributed by atoms with Crippen molar-refractivity contribution in [3.63, 3.8) is 0 Å². The van der Waals surface area contributed by atoms with Gasteiger partial charge in [-0.2, -0.15) is 5.26 Å². The van der Waals surface area contributed by atoms with Crippen LogP contribution in [0.3, 0.4) is 0 Å². The van der Waals surface area contributed by atoms with E-state index in [-0.39, 0.29) is 36.3 Å². The maximum atomic E-state index is 13.5. The van der Waals surface area contributed by atoms with Gasteiger partial charge in [0, 0.05) is 45.3 Å². The molecule has 3 fully saturated rings. The minimum Gasteiger partial charge on any atom is -0.444 e.